The second-order valence-corrected chi connectivity index (χ2v) is 6.08. The summed E-state index contributed by atoms with van der Waals surface area (Å²) in [5.41, 5.74) is 6.57. The molecule has 0 heterocycles. The molecule has 158 valence electrons. The van der Waals surface area contributed by atoms with E-state index in [1.165, 1.54) is 7.11 Å². The average molecular weight is 415 g/mol. The van der Waals surface area contributed by atoms with Crippen molar-refractivity contribution in [3.8, 4) is 0 Å². The molecule has 0 aliphatic carbocycles. The Bertz CT molecular complexity index is 571. The van der Waals surface area contributed by atoms with E-state index in [1.807, 2.05) is 36.4 Å². The zero-order valence-electron chi connectivity index (χ0n) is 16.3. The van der Waals surface area contributed by atoms with Crippen molar-refractivity contribution in [3.63, 3.8) is 0 Å². The van der Waals surface area contributed by atoms with Gasteiger partial charge in [-0.1, -0.05) is 36.4 Å². The summed E-state index contributed by atoms with van der Waals surface area (Å²) in [5.74, 6) is -1.06. The minimum absolute atomic E-state index is 0. The van der Waals surface area contributed by atoms with Crippen molar-refractivity contribution < 1.29 is 23.8 Å². The molecule has 1 aromatic carbocycles. The van der Waals surface area contributed by atoms with Crippen LogP contribution in [0.1, 0.15) is 24.8 Å². The number of carbonyl (C=O) groups excluding carboxylic acids is 2. The van der Waals surface area contributed by atoms with Crippen LogP contribution in [0, 0.1) is 0 Å². The monoisotopic (exact) mass is 414 g/mol. The number of unbranched alkanes of at least 4 members (excludes halogenated alkanes) is 2. The molecule has 0 aliphatic heterocycles. The van der Waals surface area contributed by atoms with Crippen LogP contribution in [0.25, 0.3) is 0 Å². The third kappa shape index (κ3) is 11.0. The van der Waals surface area contributed by atoms with Crippen LogP contribution < -0.4 is 11.1 Å². The van der Waals surface area contributed by atoms with Crippen LogP contribution in [-0.4, -0.2) is 50.9 Å². The molecule has 28 heavy (non-hydrogen) atoms. The van der Waals surface area contributed by atoms with Gasteiger partial charge in [0.1, 0.15) is 12.6 Å². The highest BCUT2D eigenvalue weighted by Crippen LogP contribution is 2.03. The number of hydrogen-bond donors (Lipinski definition) is 2. The SMILES string of the molecule is C=CCCCCOC[C@H](NC(=O)[C@@H](N)COC)C(=O)OCc1ccccc1.Cl. The number of ether oxygens (including phenoxy) is 3. The Labute approximate surface area is 173 Å². The number of carbonyl (C=O) groups is 2. The lowest BCUT2D eigenvalue weighted by atomic mass is 10.2. The highest BCUT2D eigenvalue weighted by Gasteiger charge is 2.25. The second-order valence-electron chi connectivity index (χ2n) is 6.08. The molecule has 2 atom stereocenters. The predicted octanol–water partition coefficient (Wildman–Crippen LogP) is 1.98. The van der Waals surface area contributed by atoms with E-state index in [9.17, 15) is 9.59 Å². The lowest BCUT2D eigenvalue weighted by Crippen LogP contribution is -2.52. The van der Waals surface area contributed by atoms with Crippen molar-refractivity contribution in [2.75, 3.05) is 26.9 Å². The van der Waals surface area contributed by atoms with Gasteiger partial charge in [0.05, 0.1) is 13.2 Å². The number of benzene rings is 1. The minimum Gasteiger partial charge on any atom is -0.459 e. The Balaban J connectivity index is 0.00000729. The smallest absolute Gasteiger partial charge is 0.331 e. The summed E-state index contributed by atoms with van der Waals surface area (Å²) in [6.07, 6.45) is 4.56. The Morgan fingerprint density at radius 3 is 2.57 bits per heavy atom. The minimum atomic E-state index is -0.927. The van der Waals surface area contributed by atoms with Gasteiger partial charge in [-0.3, -0.25) is 4.79 Å². The molecule has 8 heteroatoms. The molecule has 1 amide bonds. The standard InChI is InChI=1S/C20H30N2O5.ClH/c1-3-4-5-9-12-26-15-18(22-19(23)17(21)14-25-2)20(24)27-13-16-10-7-6-8-11-16;/h3,6-8,10-11,17-18H,1,4-5,9,12-15,21H2,2H3,(H,22,23);1H/t17-,18-;/m0./s1. The molecule has 0 saturated carbocycles. The first-order chi connectivity index (χ1) is 13.1. The van der Waals surface area contributed by atoms with E-state index in [1.54, 1.807) is 0 Å². The van der Waals surface area contributed by atoms with Gasteiger partial charge in [-0.05, 0) is 24.8 Å². The largest absolute Gasteiger partial charge is 0.459 e. The Morgan fingerprint density at radius 2 is 1.93 bits per heavy atom. The molecule has 0 aromatic heterocycles. The van der Waals surface area contributed by atoms with Gasteiger partial charge < -0.3 is 25.3 Å². The summed E-state index contributed by atoms with van der Waals surface area (Å²) < 4.78 is 15.7. The van der Waals surface area contributed by atoms with Gasteiger partial charge in [0, 0.05) is 13.7 Å². The molecule has 7 nitrogen and oxygen atoms in total. The second kappa shape index (κ2) is 16.1. The van der Waals surface area contributed by atoms with Gasteiger partial charge in [-0.2, -0.15) is 0 Å². The fourth-order valence-electron chi connectivity index (χ4n) is 2.23. The summed E-state index contributed by atoms with van der Waals surface area (Å²) in [6, 6.07) is 7.51. The molecule has 0 spiro atoms. The van der Waals surface area contributed by atoms with E-state index in [-0.39, 0.29) is 32.2 Å². The summed E-state index contributed by atoms with van der Waals surface area (Å²) in [5, 5.41) is 2.58. The maximum Gasteiger partial charge on any atom is 0.331 e. The number of rotatable bonds is 14. The van der Waals surface area contributed by atoms with Crippen molar-refractivity contribution in [2.45, 2.75) is 38.0 Å². The van der Waals surface area contributed by atoms with Crippen molar-refractivity contribution >= 4 is 24.3 Å². The van der Waals surface area contributed by atoms with Crippen LogP contribution in [0.15, 0.2) is 43.0 Å². The summed E-state index contributed by atoms with van der Waals surface area (Å²) in [7, 11) is 1.45. The Kier molecular flexibility index (Phi) is 15.0. The van der Waals surface area contributed by atoms with Crippen LogP contribution >= 0.6 is 12.4 Å². The fraction of sp³-hybridized carbons (Fsp3) is 0.500. The fourth-order valence-corrected chi connectivity index (χ4v) is 2.23. The normalized spacial score (nSPS) is 12.4. The van der Waals surface area contributed by atoms with E-state index in [0.717, 1.165) is 24.8 Å². The van der Waals surface area contributed by atoms with Crippen molar-refractivity contribution in [2.24, 2.45) is 5.73 Å². The zero-order valence-corrected chi connectivity index (χ0v) is 17.1. The van der Waals surface area contributed by atoms with Crippen molar-refractivity contribution in [1.29, 1.82) is 0 Å². The summed E-state index contributed by atoms with van der Waals surface area (Å²) >= 11 is 0. The number of halogens is 1. The maximum atomic E-state index is 12.4. The van der Waals surface area contributed by atoms with Gasteiger partial charge in [0.2, 0.25) is 5.91 Å². The molecular weight excluding hydrogens is 384 g/mol. The third-order valence-corrected chi connectivity index (χ3v) is 3.74. The van der Waals surface area contributed by atoms with E-state index in [4.69, 9.17) is 19.9 Å². The molecule has 3 N–H and O–H groups in total. The van der Waals surface area contributed by atoms with E-state index < -0.39 is 24.0 Å². The molecule has 1 rings (SSSR count). The molecule has 0 fully saturated rings. The lowest BCUT2D eigenvalue weighted by molar-refractivity contribution is -0.151. The molecule has 0 unspecified atom stereocenters. The van der Waals surface area contributed by atoms with Crippen LogP contribution in [0.3, 0.4) is 0 Å². The van der Waals surface area contributed by atoms with E-state index >= 15 is 0 Å². The zero-order chi connectivity index (χ0) is 19.9. The third-order valence-electron chi connectivity index (χ3n) is 3.74. The highest BCUT2D eigenvalue weighted by atomic mass is 35.5. The van der Waals surface area contributed by atoms with Crippen LogP contribution in [0.2, 0.25) is 0 Å². The number of nitrogens with one attached hydrogen (secondary N) is 1. The van der Waals surface area contributed by atoms with Crippen molar-refractivity contribution in [3.05, 3.63) is 48.6 Å². The summed E-state index contributed by atoms with van der Waals surface area (Å²) in [4.78, 5) is 24.5. The molecule has 1 aromatic rings. The van der Waals surface area contributed by atoms with Crippen LogP contribution in [0.5, 0.6) is 0 Å². The first kappa shape index (κ1) is 26.1. The van der Waals surface area contributed by atoms with E-state index in [0.29, 0.717) is 6.61 Å². The number of esters is 1. The Morgan fingerprint density at radius 1 is 1.21 bits per heavy atom. The quantitative estimate of drug-likeness (QED) is 0.274. The average Bonchev–Trinajstić information content (AvgIpc) is 2.68. The number of methoxy groups -OCH3 is 1. The molecule has 0 aliphatic rings. The molecule has 0 bridgehead atoms. The number of amides is 1. The van der Waals surface area contributed by atoms with Crippen molar-refractivity contribution in [1.82, 2.24) is 5.32 Å². The molecule has 0 radical (unpaired) electrons. The molecular formula is C20H31ClN2O5. The number of allylic oxidation sites excluding steroid dienone is 1. The number of nitrogens with two attached hydrogens (primary N) is 1. The van der Waals surface area contributed by atoms with Gasteiger partial charge in [0.25, 0.3) is 0 Å². The van der Waals surface area contributed by atoms with Crippen LogP contribution in [0.4, 0.5) is 0 Å². The lowest BCUT2D eigenvalue weighted by Gasteiger charge is -2.20. The van der Waals surface area contributed by atoms with E-state index in [2.05, 4.69) is 11.9 Å². The van der Waals surface area contributed by atoms with Gasteiger partial charge in [-0.25, -0.2) is 4.79 Å². The maximum absolute atomic E-state index is 12.4. The predicted molar refractivity (Wildman–Crippen MR) is 110 cm³/mol. The highest BCUT2D eigenvalue weighted by molar-refractivity contribution is 5.87. The van der Waals surface area contributed by atoms with Gasteiger partial charge >= 0.3 is 5.97 Å². The molecule has 0 saturated heterocycles. The van der Waals surface area contributed by atoms with Gasteiger partial charge in [0.15, 0.2) is 6.04 Å². The first-order valence-electron chi connectivity index (χ1n) is 9.02. The topological polar surface area (TPSA) is 99.9 Å². The van der Waals surface area contributed by atoms with Crippen LogP contribution in [-0.2, 0) is 30.4 Å². The Hall–Kier alpha value is -1.93. The number of hydrogen-bond acceptors (Lipinski definition) is 6. The van der Waals surface area contributed by atoms with Gasteiger partial charge in [-0.15, -0.1) is 19.0 Å². The first-order valence-corrected chi connectivity index (χ1v) is 9.02. The summed E-state index contributed by atoms with van der Waals surface area (Å²) in [6.45, 7) is 4.35.